The lowest BCUT2D eigenvalue weighted by atomic mass is 10.1. The Balaban J connectivity index is 1.94. The second-order valence-electron chi connectivity index (χ2n) is 5.06. The lowest BCUT2D eigenvalue weighted by Crippen LogP contribution is -2.23. The fourth-order valence-corrected chi connectivity index (χ4v) is 2.00. The van der Waals surface area contributed by atoms with E-state index in [0.717, 1.165) is 0 Å². The minimum Gasteiger partial charge on any atom is -0.497 e. The van der Waals surface area contributed by atoms with Crippen LogP contribution < -0.4 is 4.74 Å². The molecule has 0 aliphatic carbocycles. The Morgan fingerprint density at radius 1 is 1.04 bits per heavy atom. The van der Waals surface area contributed by atoms with Gasteiger partial charge >= 0.3 is 5.97 Å². The van der Waals surface area contributed by atoms with Crippen molar-refractivity contribution < 1.29 is 23.5 Å². The van der Waals surface area contributed by atoms with Gasteiger partial charge in [-0.25, -0.2) is 9.18 Å². The van der Waals surface area contributed by atoms with Gasteiger partial charge < -0.3 is 9.47 Å². The summed E-state index contributed by atoms with van der Waals surface area (Å²) in [6.45, 7) is 1.51. The molecule has 0 unspecified atom stereocenters. The molecule has 5 heteroatoms. The number of benzene rings is 2. The van der Waals surface area contributed by atoms with Crippen LogP contribution in [0.5, 0.6) is 5.75 Å². The lowest BCUT2D eigenvalue weighted by molar-refractivity contribution is -0.140. The van der Waals surface area contributed by atoms with Crippen molar-refractivity contribution in [2.24, 2.45) is 0 Å². The van der Waals surface area contributed by atoms with E-state index in [1.807, 2.05) is 0 Å². The van der Waals surface area contributed by atoms with Crippen LogP contribution in [0.1, 0.15) is 22.8 Å². The third-order valence-electron chi connectivity index (χ3n) is 3.32. The SMILES string of the molecule is COc1ccc(C(=O)[C@@H](C)OC(=O)/C=C/c2ccc(F)cc2)cc1. The van der Waals surface area contributed by atoms with E-state index < -0.39 is 12.1 Å². The van der Waals surface area contributed by atoms with Crippen molar-refractivity contribution in [3.63, 3.8) is 0 Å². The van der Waals surface area contributed by atoms with E-state index in [-0.39, 0.29) is 11.6 Å². The topological polar surface area (TPSA) is 52.6 Å². The highest BCUT2D eigenvalue weighted by atomic mass is 19.1. The Morgan fingerprint density at radius 3 is 2.25 bits per heavy atom. The normalized spacial score (nSPS) is 12.0. The van der Waals surface area contributed by atoms with Crippen LogP contribution in [0.3, 0.4) is 0 Å². The van der Waals surface area contributed by atoms with Crippen molar-refractivity contribution >= 4 is 17.8 Å². The van der Waals surface area contributed by atoms with E-state index in [1.165, 1.54) is 50.5 Å². The van der Waals surface area contributed by atoms with Gasteiger partial charge in [0.15, 0.2) is 6.10 Å². The maximum Gasteiger partial charge on any atom is 0.331 e. The molecular formula is C19H17FO4. The van der Waals surface area contributed by atoms with E-state index in [0.29, 0.717) is 16.9 Å². The van der Waals surface area contributed by atoms with Gasteiger partial charge in [-0.15, -0.1) is 0 Å². The number of hydrogen-bond acceptors (Lipinski definition) is 4. The molecule has 2 aromatic rings. The maximum absolute atomic E-state index is 12.8. The first-order valence-corrected chi connectivity index (χ1v) is 7.32. The van der Waals surface area contributed by atoms with Crippen LogP contribution >= 0.6 is 0 Å². The Hall–Kier alpha value is -2.95. The highest BCUT2D eigenvalue weighted by Gasteiger charge is 2.18. The zero-order valence-electron chi connectivity index (χ0n) is 13.4. The molecule has 0 aromatic heterocycles. The summed E-state index contributed by atoms with van der Waals surface area (Å²) in [6.07, 6.45) is 1.78. The van der Waals surface area contributed by atoms with Gasteiger partial charge in [-0.2, -0.15) is 0 Å². The summed E-state index contributed by atoms with van der Waals surface area (Å²) in [4.78, 5) is 24.0. The van der Waals surface area contributed by atoms with Gasteiger partial charge in [0.1, 0.15) is 11.6 Å². The number of ether oxygens (including phenoxy) is 2. The summed E-state index contributed by atoms with van der Waals surface area (Å²) in [6, 6.07) is 12.2. The molecule has 0 amide bonds. The Kier molecular flexibility index (Phi) is 5.84. The smallest absolute Gasteiger partial charge is 0.331 e. The molecule has 0 saturated heterocycles. The molecule has 2 rings (SSSR count). The molecule has 0 spiro atoms. The van der Waals surface area contributed by atoms with Crippen molar-refractivity contribution in [2.45, 2.75) is 13.0 Å². The van der Waals surface area contributed by atoms with Gasteiger partial charge in [-0.05, 0) is 55.0 Å². The van der Waals surface area contributed by atoms with E-state index in [9.17, 15) is 14.0 Å². The summed E-state index contributed by atoms with van der Waals surface area (Å²) in [5, 5.41) is 0. The van der Waals surface area contributed by atoms with Gasteiger partial charge in [0.25, 0.3) is 0 Å². The second-order valence-corrected chi connectivity index (χ2v) is 5.06. The van der Waals surface area contributed by atoms with Crippen LogP contribution in [-0.4, -0.2) is 25.0 Å². The van der Waals surface area contributed by atoms with Crippen LogP contribution in [0.15, 0.2) is 54.6 Å². The fourth-order valence-electron chi connectivity index (χ4n) is 2.00. The predicted molar refractivity (Wildman–Crippen MR) is 88.3 cm³/mol. The number of rotatable bonds is 6. The third kappa shape index (κ3) is 4.78. The number of ketones is 1. The zero-order valence-corrected chi connectivity index (χ0v) is 13.4. The standard InChI is InChI=1S/C19H17FO4/c1-13(19(22)15-6-10-17(23-2)11-7-15)24-18(21)12-5-14-3-8-16(20)9-4-14/h3-13H,1-2H3/b12-5+/t13-/m1/s1. The molecule has 0 fully saturated rings. The van der Waals surface area contributed by atoms with Crippen molar-refractivity contribution in [1.82, 2.24) is 0 Å². The molecule has 1 atom stereocenters. The molecule has 0 bridgehead atoms. The van der Waals surface area contributed by atoms with Gasteiger partial charge in [0.05, 0.1) is 7.11 Å². The number of carbonyl (C=O) groups is 2. The second kappa shape index (κ2) is 8.06. The Morgan fingerprint density at radius 2 is 1.67 bits per heavy atom. The van der Waals surface area contributed by atoms with Crippen molar-refractivity contribution in [1.29, 1.82) is 0 Å². The Labute approximate surface area is 139 Å². The van der Waals surface area contributed by atoms with Crippen LogP contribution in [0.4, 0.5) is 4.39 Å². The molecule has 0 aliphatic rings. The first kappa shape index (κ1) is 17.4. The highest BCUT2D eigenvalue weighted by molar-refractivity contribution is 6.01. The summed E-state index contributed by atoms with van der Waals surface area (Å²) in [7, 11) is 1.54. The van der Waals surface area contributed by atoms with Gasteiger partial charge in [-0.1, -0.05) is 12.1 Å². The number of Topliss-reactive ketones (excluding diaryl/α,β-unsaturated/α-hetero) is 1. The van der Waals surface area contributed by atoms with E-state index >= 15 is 0 Å². The van der Waals surface area contributed by atoms with E-state index in [4.69, 9.17) is 9.47 Å². The largest absolute Gasteiger partial charge is 0.497 e. The number of esters is 1. The Bertz CT molecular complexity index is 733. The van der Waals surface area contributed by atoms with Crippen LogP contribution in [0.25, 0.3) is 6.08 Å². The molecule has 0 aliphatic heterocycles. The maximum atomic E-state index is 12.8. The first-order chi connectivity index (χ1) is 11.5. The van der Waals surface area contributed by atoms with Crippen LogP contribution in [0, 0.1) is 5.82 Å². The number of hydrogen-bond donors (Lipinski definition) is 0. The van der Waals surface area contributed by atoms with Gasteiger partial charge in [0, 0.05) is 11.6 Å². The number of carbonyl (C=O) groups excluding carboxylic acids is 2. The minimum absolute atomic E-state index is 0.304. The minimum atomic E-state index is -0.913. The fraction of sp³-hybridized carbons (Fsp3) is 0.158. The molecule has 24 heavy (non-hydrogen) atoms. The number of methoxy groups -OCH3 is 1. The van der Waals surface area contributed by atoms with Crippen molar-refractivity contribution in [3.8, 4) is 5.75 Å². The molecule has 4 nitrogen and oxygen atoms in total. The average Bonchev–Trinajstić information content (AvgIpc) is 2.60. The molecule has 0 radical (unpaired) electrons. The average molecular weight is 328 g/mol. The summed E-state index contributed by atoms with van der Waals surface area (Å²) in [5.41, 5.74) is 1.08. The van der Waals surface area contributed by atoms with E-state index in [2.05, 4.69) is 0 Å². The zero-order chi connectivity index (χ0) is 17.5. The van der Waals surface area contributed by atoms with E-state index in [1.54, 1.807) is 24.3 Å². The summed E-state index contributed by atoms with van der Waals surface area (Å²) < 4.78 is 22.9. The van der Waals surface area contributed by atoms with Gasteiger partial charge in [0.2, 0.25) is 5.78 Å². The molecule has 124 valence electrons. The summed E-state index contributed by atoms with van der Waals surface area (Å²) >= 11 is 0. The molecule has 0 saturated carbocycles. The van der Waals surface area contributed by atoms with Crippen LogP contribution in [0.2, 0.25) is 0 Å². The van der Waals surface area contributed by atoms with Gasteiger partial charge in [-0.3, -0.25) is 4.79 Å². The highest BCUT2D eigenvalue weighted by Crippen LogP contribution is 2.14. The third-order valence-corrected chi connectivity index (χ3v) is 3.32. The molecular weight excluding hydrogens is 311 g/mol. The summed E-state index contributed by atoms with van der Waals surface area (Å²) in [5.74, 6) is -0.665. The van der Waals surface area contributed by atoms with Crippen molar-refractivity contribution in [2.75, 3.05) is 7.11 Å². The van der Waals surface area contributed by atoms with Crippen molar-refractivity contribution in [3.05, 3.63) is 71.6 Å². The molecule has 0 N–H and O–H groups in total. The van der Waals surface area contributed by atoms with Crippen LogP contribution in [-0.2, 0) is 9.53 Å². The molecule has 0 heterocycles. The predicted octanol–water partition coefficient (Wildman–Crippen LogP) is 3.66. The number of halogens is 1. The molecule has 2 aromatic carbocycles. The lowest BCUT2D eigenvalue weighted by Gasteiger charge is -2.11. The first-order valence-electron chi connectivity index (χ1n) is 7.32. The monoisotopic (exact) mass is 328 g/mol. The quantitative estimate of drug-likeness (QED) is 0.461.